The smallest absolute Gasteiger partial charge is 0.318 e. The van der Waals surface area contributed by atoms with Gasteiger partial charge in [-0.2, -0.15) is 0 Å². The maximum absolute atomic E-state index is 12.9. The minimum atomic E-state index is 0.00787. The molecule has 3 unspecified atom stereocenters. The van der Waals surface area contributed by atoms with Gasteiger partial charge in [0.2, 0.25) is 0 Å². The van der Waals surface area contributed by atoms with Gasteiger partial charge in [-0.05, 0) is 24.8 Å². The molecule has 0 bridgehead atoms. The van der Waals surface area contributed by atoms with Crippen molar-refractivity contribution in [3.8, 4) is 0 Å². The van der Waals surface area contributed by atoms with Crippen LogP contribution in [0.3, 0.4) is 0 Å². The van der Waals surface area contributed by atoms with Crippen molar-refractivity contribution in [2.75, 3.05) is 19.8 Å². The van der Waals surface area contributed by atoms with E-state index in [0.717, 1.165) is 36.2 Å². The average molecular weight is 385 g/mol. The second kappa shape index (κ2) is 7.20. The van der Waals surface area contributed by atoms with Gasteiger partial charge in [0.15, 0.2) is 0 Å². The molecule has 2 saturated heterocycles. The topological polar surface area (TPSA) is 67.4 Å². The second-order valence-corrected chi connectivity index (χ2v) is 8.82. The molecule has 6 nitrogen and oxygen atoms in total. The highest BCUT2D eigenvalue weighted by atomic mass is 32.1. The molecule has 1 saturated carbocycles. The van der Waals surface area contributed by atoms with E-state index in [9.17, 15) is 4.79 Å². The van der Waals surface area contributed by atoms with E-state index >= 15 is 0 Å². The molecule has 2 aliphatic heterocycles. The lowest BCUT2D eigenvalue weighted by Crippen LogP contribution is -2.46. The molecule has 2 aromatic rings. The standard InChI is InChI=1S/C20H24N4O2S/c25-20(21-10-18-22-23-19(27-18)14-6-7-14)24-11-15(13-4-2-1-3-5-13)16-12-26-9-8-17(16)24/h1-5,14-17H,6-12H2,(H,21,25). The Balaban J connectivity index is 1.27. The highest BCUT2D eigenvalue weighted by Crippen LogP contribution is 2.42. The van der Waals surface area contributed by atoms with Gasteiger partial charge in [-0.1, -0.05) is 41.7 Å². The molecule has 1 N–H and O–H groups in total. The van der Waals surface area contributed by atoms with Crippen LogP contribution in [0.5, 0.6) is 0 Å². The maximum Gasteiger partial charge on any atom is 0.318 e. The van der Waals surface area contributed by atoms with E-state index in [1.807, 2.05) is 11.0 Å². The number of fused-ring (bicyclic) bond motifs is 1. The van der Waals surface area contributed by atoms with E-state index in [0.29, 0.717) is 24.3 Å². The van der Waals surface area contributed by atoms with Crippen LogP contribution in [0.2, 0.25) is 0 Å². The molecule has 5 rings (SSSR count). The van der Waals surface area contributed by atoms with Crippen LogP contribution in [0.4, 0.5) is 4.79 Å². The van der Waals surface area contributed by atoms with Crippen LogP contribution in [0.15, 0.2) is 30.3 Å². The van der Waals surface area contributed by atoms with Gasteiger partial charge in [0.1, 0.15) is 10.0 Å². The van der Waals surface area contributed by atoms with E-state index < -0.39 is 0 Å². The summed E-state index contributed by atoms with van der Waals surface area (Å²) in [5, 5.41) is 13.6. The van der Waals surface area contributed by atoms with Crippen molar-refractivity contribution in [3.63, 3.8) is 0 Å². The van der Waals surface area contributed by atoms with Crippen molar-refractivity contribution in [1.82, 2.24) is 20.4 Å². The summed E-state index contributed by atoms with van der Waals surface area (Å²) in [6.07, 6.45) is 3.35. The van der Waals surface area contributed by atoms with Crippen molar-refractivity contribution in [2.45, 2.75) is 43.7 Å². The number of amides is 2. The summed E-state index contributed by atoms with van der Waals surface area (Å²) < 4.78 is 5.75. The molecule has 27 heavy (non-hydrogen) atoms. The SMILES string of the molecule is O=C(NCc1nnc(C2CC2)s1)N1CC(c2ccccc2)C2COCCC21. The van der Waals surface area contributed by atoms with Crippen molar-refractivity contribution in [3.05, 3.63) is 45.9 Å². The molecule has 3 heterocycles. The fraction of sp³-hybridized carbons (Fsp3) is 0.550. The first-order valence-electron chi connectivity index (χ1n) is 9.79. The minimum absolute atomic E-state index is 0.00787. The molecule has 3 fully saturated rings. The number of likely N-dealkylation sites (tertiary alicyclic amines) is 1. The molecule has 2 amide bonds. The van der Waals surface area contributed by atoms with Crippen LogP contribution in [0, 0.1) is 5.92 Å². The summed E-state index contributed by atoms with van der Waals surface area (Å²) in [5.74, 6) is 1.32. The molecule has 1 aromatic carbocycles. The van der Waals surface area contributed by atoms with Gasteiger partial charge in [0.25, 0.3) is 0 Å². The Morgan fingerprint density at radius 1 is 1.22 bits per heavy atom. The van der Waals surface area contributed by atoms with Crippen LogP contribution in [-0.4, -0.2) is 46.9 Å². The first kappa shape index (κ1) is 17.1. The van der Waals surface area contributed by atoms with Gasteiger partial charge >= 0.3 is 6.03 Å². The average Bonchev–Trinajstić information content (AvgIpc) is 3.33. The predicted octanol–water partition coefficient (Wildman–Crippen LogP) is 3.13. The molecule has 0 radical (unpaired) electrons. The number of hydrogen-bond donors (Lipinski definition) is 1. The summed E-state index contributed by atoms with van der Waals surface area (Å²) in [6, 6.07) is 10.8. The Morgan fingerprint density at radius 2 is 2.07 bits per heavy atom. The van der Waals surface area contributed by atoms with E-state index in [-0.39, 0.29) is 12.1 Å². The largest absolute Gasteiger partial charge is 0.381 e. The third kappa shape index (κ3) is 3.46. The number of aromatic nitrogens is 2. The van der Waals surface area contributed by atoms with Gasteiger partial charge in [-0.15, -0.1) is 10.2 Å². The second-order valence-electron chi connectivity index (χ2n) is 7.73. The first-order chi connectivity index (χ1) is 13.3. The Labute approximate surface area is 162 Å². The molecular weight excluding hydrogens is 360 g/mol. The molecule has 0 spiro atoms. The molecule has 3 aliphatic rings. The Morgan fingerprint density at radius 3 is 2.89 bits per heavy atom. The normalized spacial score (nSPS) is 27.4. The van der Waals surface area contributed by atoms with E-state index in [1.54, 1.807) is 11.3 Å². The number of carbonyl (C=O) groups is 1. The maximum atomic E-state index is 12.9. The third-order valence-electron chi connectivity index (χ3n) is 5.96. The zero-order valence-corrected chi connectivity index (χ0v) is 16.0. The van der Waals surface area contributed by atoms with Crippen LogP contribution in [0.1, 0.15) is 46.7 Å². The highest BCUT2D eigenvalue weighted by molar-refractivity contribution is 7.11. The van der Waals surface area contributed by atoms with Crippen LogP contribution >= 0.6 is 11.3 Å². The molecular formula is C20H24N4O2S. The number of nitrogens with one attached hydrogen (secondary N) is 1. The molecule has 1 aromatic heterocycles. The zero-order chi connectivity index (χ0) is 18.2. The molecule has 1 aliphatic carbocycles. The lowest BCUT2D eigenvalue weighted by atomic mass is 9.84. The lowest BCUT2D eigenvalue weighted by Gasteiger charge is -2.32. The summed E-state index contributed by atoms with van der Waals surface area (Å²) in [5.41, 5.74) is 1.30. The van der Waals surface area contributed by atoms with Crippen molar-refractivity contribution in [2.24, 2.45) is 5.92 Å². The Bertz CT molecular complexity index is 807. The molecule has 7 heteroatoms. The summed E-state index contributed by atoms with van der Waals surface area (Å²) in [4.78, 5) is 15.0. The van der Waals surface area contributed by atoms with Crippen LogP contribution in [0.25, 0.3) is 0 Å². The van der Waals surface area contributed by atoms with Crippen molar-refractivity contribution < 1.29 is 9.53 Å². The zero-order valence-electron chi connectivity index (χ0n) is 15.2. The minimum Gasteiger partial charge on any atom is -0.381 e. The number of carbonyl (C=O) groups excluding carboxylic acids is 1. The van der Waals surface area contributed by atoms with Crippen LogP contribution in [-0.2, 0) is 11.3 Å². The van der Waals surface area contributed by atoms with Gasteiger partial charge in [-0.3, -0.25) is 0 Å². The number of rotatable bonds is 4. The van der Waals surface area contributed by atoms with E-state index in [2.05, 4.69) is 39.8 Å². The monoisotopic (exact) mass is 384 g/mol. The summed E-state index contributed by atoms with van der Waals surface area (Å²) in [7, 11) is 0. The predicted molar refractivity (Wildman–Crippen MR) is 103 cm³/mol. The lowest BCUT2D eigenvalue weighted by molar-refractivity contribution is 0.0261. The van der Waals surface area contributed by atoms with Crippen molar-refractivity contribution in [1.29, 1.82) is 0 Å². The van der Waals surface area contributed by atoms with Crippen LogP contribution < -0.4 is 5.32 Å². The number of hydrogen-bond acceptors (Lipinski definition) is 5. The number of nitrogens with zero attached hydrogens (tertiary/aromatic N) is 3. The van der Waals surface area contributed by atoms with E-state index in [4.69, 9.17) is 4.74 Å². The summed E-state index contributed by atoms with van der Waals surface area (Å²) in [6.45, 7) is 2.67. The highest BCUT2D eigenvalue weighted by Gasteiger charge is 2.45. The quantitative estimate of drug-likeness (QED) is 0.879. The Kier molecular flexibility index (Phi) is 4.57. The molecule has 3 atom stereocenters. The third-order valence-corrected chi connectivity index (χ3v) is 7.05. The van der Waals surface area contributed by atoms with Gasteiger partial charge < -0.3 is 15.0 Å². The first-order valence-corrected chi connectivity index (χ1v) is 10.6. The van der Waals surface area contributed by atoms with Crippen molar-refractivity contribution >= 4 is 17.4 Å². The number of urea groups is 1. The fourth-order valence-electron chi connectivity index (χ4n) is 4.38. The Hall–Kier alpha value is -1.99. The fourth-order valence-corrected chi connectivity index (χ4v) is 5.33. The van der Waals surface area contributed by atoms with E-state index in [1.165, 1.54) is 18.4 Å². The van der Waals surface area contributed by atoms with Gasteiger partial charge in [-0.25, -0.2) is 4.79 Å². The molecule has 142 valence electrons. The number of benzene rings is 1. The number of ether oxygens (including phenoxy) is 1. The summed E-state index contributed by atoms with van der Waals surface area (Å²) >= 11 is 1.63. The van der Waals surface area contributed by atoms with Gasteiger partial charge in [0.05, 0.1) is 13.2 Å². The van der Waals surface area contributed by atoms with Gasteiger partial charge in [0, 0.05) is 36.9 Å².